The normalized spacial score (nSPS) is 11.3. The number of rotatable bonds is 1. The molecule has 0 N–H and O–H groups in total. The van der Waals surface area contributed by atoms with Gasteiger partial charge in [-0.2, -0.15) is 13.2 Å². The molecule has 0 aliphatic carbocycles. The van der Waals surface area contributed by atoms with Crippen LogP contribution in [0.25, 0.3) is 0 Å². The van der Waals surface area contributed by atoms with Crippen molar-refractivity contribution in [2.45, 2.75) is 11.1 Å². The Kier molecular flexibility index (Phi) is 3.28. The van der Waals surface area contributed by atoms with Gasteiger partial charge in [0.25, 0.3) is 0 Å². The number of carbonyl (C=O) groups excluding carboxylic acids is 1. The summed E-state index contributed by atoms with van der Waals surface area (Å²) < 4.78 is 41.3. The predicted octanol–water partition coefficient (Wildman–Crippen LogP) is 2.78. The van der Waals surface area contributed by atoms with E-state index in [-0.39, 0.29) is 10.5 Å². The van der Waals surface area contributed by atoms with Gasteiger partial charge < -0.3 is 4.74 Å². The topological polar surface area (TPSA) is 26.3 Å². The summed E-state index contributed by atoms with van der Waals surface area (Å²) in [6.07, 6.45) is -4.50. The molecule has 0 atom stereocenters. The summed E-state index contributed by atoms with van der Waals surface area (Å²) in [6, 6.07) is 2.78. The van der Waals surface area contributed by atoms with Gasteiger partial charge in [-0.15, -0.1) is 12.6 Å². The van der Waals surface area contributed by atoms with Gasteiger partial charge in [0.05, 0.1) is 18.2 Å². The minimum atomic E-state index is -4.50. The van der Waals surface area contributed by atoms with Crippen LogP contribution >= 0.6 is 12.6 Å². The average Bonchev–Trinajstić information content (AvgIpc) is 2.14. The van der Waals surface area contributed by atoms with Crippen LogP contribution in [0, 0.1) is 0 Å². The molecule has 0 aliphatic rings. The zero-order valence-electron chi connectivity index (χ0n) is 7.63. The Morgan fingerprint density at radius 1 is 1.33 bits per heavy atom. The smallest absolute Gasteiger partial charge is 0.416 e. The maximum atomic E-state index is 12.3. The molecule has 0 unspecified atom stereocenters. The van der Waals surface area contributed by atoms with E-state index in [1.165, 1.54) is 6.07 Å². The minimum absolute atomic E-state index is 0.0604. The molecule has 15 heavy (non-hydrogen) atoms. The van der Waals surface area contributed by atoms with E-state index < -0.39 is 17.7 Å². The van der Waals surface area contributed by atoms with Gasteiger partial charge in [0, 0.05) is 4.90 Å². The first-order chi connectivity index (χ1) is 6.84. The second kappa shape index (κ2) is 4.14. The molecule has 0 saturated heterocycles. The maximum absolute atomic E-state index is 12.3. The first-order valence-corrected chi connectivity index (χ1v) is 4.29. The highest BCUT2D eigenvalue weighted by Gasteiger charge is 2.31. The molecule has 1 aromatic rings. The Morgan fingerprint density at radius 2 is 1.93 bits per heavy atom. The Morgan fingerprint density at radius 3 is 2.40 bits per heavy atom. The monoisotopic (exact) mass is 236 g/mol. The van der Waals surface area contributed by atoms with E-state index >= 15 is 0 Å². The third-order valence-electron chi connectivity index (χ3n) is 1.67. The maximum Gasteiger partial charge on any atom is 0.416 e. The lowest BCUT2D eigenvalue weighted by atomic mass is 10.1. The Hall–Kier alpha value is -1.17. The van der Waals surface area contributed by atoms with Crippen molar-refractivity contribution >= 4 is 18.6 Å². The number of carbonyl (C=O) groups is 1. The molecule has 6 heteroatoms. The van der Waals surface area contributed by atoms with E-state index in [0.29, 0.717) is 0 Å². The Balaban J connectivity index is 3.23. The van der Waals surface area contributed by atoms with Crippen molar-refractivity contribution in [2.75, 3.05) is 7.11 Å². The highest BCUT2D eigenvalue weighted by molar-refractivity contribution is 7.80. The number of benzene rings is 1. The van der Waals surface area contributed by atoms with E-state index in [9.17, 15) is 18.0 Å². The van der Waals surface area contributed by atoms with Crippen molar-refractivity contribution in [3.05, 3.63) is 29.3 Å². The van der Waals surface area contributed by atoms with E-state index in [1.54, 1.807) is 0 Å². The van der Waals surface area contributed by atoms with Crippen LogP contribution in [0.3, 0.4) is 0 Å². The number of hydrogen-bond donors (Lipinski definition) is 1. The fourth-order valence-electron chi connectivity index (χ4n) is 1.01. The van der Waals surface area contributed by atoms with Gasteiger partial charge >= 0.3 is 12.1 Å². The third-order valence-corrected chi connectivity index (χ3v) is 1.92. The molecule has 0 bridgehead atoms. The van der Waals surface area contributed by atoms with E-state index in [4.69, 9.17) is 0 Å². The second-order valence-corrected chi connectivity index (χ2v) is 3.27. The van der Waals surface area contributed by atoms with Gasteiger partial charge in [-0.1, -0.05) is 0 Å². The molecule has 0 aliphatic heterocycles. The lowest BCUT2D eigenvalue weighted by Gasteiger charge is -2.09. The van der Waals surface area contributed by atoms with Crippen molar-refractivity contribution in [2.24, 2.45) is 0 Å². The lowest BCUT2D eigenvalue weighted by molar-refractivity contribution is -0.137. The van der Waals surface area contributed by atoms with Gasteiger partial charge in [0.1, 0.15) is 0 Å². The highest BCUT2D eigenvalue weighted by atomic mass is 32.1. The Bertz CT molecular complexity index is 387. The SMILES string of the molecule is COC(=O)c1cc(S)cc(C(F)(F)F)c1. The Labute approximate surface area is 89.5 Å². The zero-order valence-corrected chi connectivity index (χ0v) is 8.52. The average molecular weight is 236 g/mol. The van der Waals surface area contributed by atoms with Crippen molar-refractivity contribution < 1.29 is 22.7 Å². The fourth-order valence-corrected chi connectivity index (χ4v) is 1.29. The molecular weight excluding hydrogens is 229 g/mol. The molecule has 0 saturated carbocycles. The van der Waals surface area contributed by atoms with Gasteiger partial charge in [0.15, 0.2) is 0 Å². The van der Waals surface area contributed by atoms with E-state index in [2.05, 4.69) is 17.4 Å². The van der Waals surface area contributed by atoms with Crippen molar-refractivity contribution in [1.82, 2.24) is 0 Å². The van der Waals surface area contributed by atoms with Gasteiger partial charge in [-0.05, 0) is 18.2 Å². The van der Waals surface area contributed by atoms with Crippen molar-refractivity contribution in [3.63, 3.8) is 0 Å². The summed E-state index contributed by atoms with van der Waals surface area (Å²) in [5.41, 5.74) is -1.09. The van der Waals surface area contributed by atoms with Crippen LogP contribution in [0.15, 0.2) is 23.1 Å². The van der Waals surface area contributed by atoms with E-state index in [1.807, 2.05) is 0 Å². The van der Waals surface area contributed by atoms with Crippen LogP contribution in [0.1, 0.15) is 15.9 Å². The summed E-state index contributed by atoms with van der Waals surface area (Å²) in [4.78, 5) is 11.1. The van der Waals surface area contributed by atoms with Gasteiger partial charge in [-0.25, -0.2) is 4.79 Å². The second-order valence-electron chi connectivity index (χ2n) is 2.76. The predicted molar refractivity (Wildman–Crippen MR) is 50.0 cm³/mol. The minimum Gasteiger partial charge on any atom is -0.465 e. The van der Waals surface area contributed by atoms with Crippen LogP contribution in [-0.4, -0.2) is 13.1 Å². The zero-order chi connectivity index (χ0) is 11.6. The molecule has 0 amide bonds. The van der Waals surface area contributed by atoms with Crippen LogP contribution in [0.4, 0.5) is 13.2 Å². The number of hydrogen-bond acceptors (Lipinski definition) is 3. The molecule has 0 spiro atoms. The summed E-state index contributed by atoms with van der Waals surface area (Å²) in [6.45, 7) is 0. The molecule has 1 rings (SSSR count). The van der Waals surface area contributed by atoms with Crippen LogP contribution < -0.4 is 0 Å². The fraction of sp³-hybridized carbons (Fsp3) is 0.222. The summed E-state index contributed by atoms with van der Waals surface area (Å²) >= 11 is 3.78. The van der Waals surface area contributed by atoms with Crippen molar-refractivity contribution in [1.29, 1.82) is 0 Å². The lowest BCUT2D eigenvalue weighted by Crippen LogP contribution is -2.08. The third kappa shape index (κ3) is 2.89. The van der Waals surface area contributed by atoms with Gasteiger partial charge in [0.2, 0.25) is 0 Å². The quantitative estimate of drug-likeness (QED) is 0.599. The molecule has 1 aromatic carbocycles. The van der Waals surface area contributed by atoms with Crippen LogP contribution in [-0.2, 0) is 10.9 Å². The first-order valence-electron chi connectivity index (χ1n) is 3.84. The number of methoxy groups -OCH3 is 1. The molecule has 0 aromatic heterocycles. The molecule has 0 fully saturated rings. The number of alkyl halides is 3. The van der Waals surface area contributed by atoms with E-state index in [0.717, 1.165) is 19.2 Å². The number of ether oxygens (including phenoxy) is 1. The standard InChI is InChI=1S/C9H7F3O2S/c1-14-8(13)5-2-6(9(10,11)12)4-7(15)3-5/h2-4,15H,1H3. The van der Waals surface area contributed by atoms with Crippen LogP contribution in [0.5, 0.6) is 0 Å². The summed E-state index contributed by atoms with van der Waals surface area (Å²) in [7, 11) is 1.10. The number of halogens is 3. The molecule has 0 heterocycles. The van der Waals surface area contributed by atoms with Crippen molar-refractivity contribution in [3.8, 4) is 0 Å². The summed E-state index contributed by atoms with van der Waals surface area (Å²) in [5.74, 6) is -0.823. The molecule has 82 valence electrons. The molecular formula is C9H7F3O2S. The number of thiol groups is 1. The highest BCUT2D eigenvalue weighted by Crippen LogP contribution is 2.31. The molecule has 2 nitrogen and oxygen atoms in total. The van der Waals surface area contributed by atoms with Gasteiger partial charge in [-0.3, -0.25) is 0 Å². The summed E-state index contributed by atoms with van der Waals surface area (Å²) in [5, 5.41) is 0. The largest absolute Gasteiger partial charge is 0.465 e. The molecule has 0 radical (unpaired) electrons. The van der Waals surface area contributed by atoms with Crippen LogP contribution in [0.2, 0.25) is 0 Å². The first kappa shape index (κ1) is 11.9. The number of esters is 1.